The van der Waals surface area contributed by atoms with E-state index in [0.717, 1.165) is 5.56 Å². The minimum Gasteiger partial charge on any atom is -0.326 e. The maximum Gasteiger partial charge on any atom is 0.319 e. The van der Waals surface area contributed by atoms with Crippen LogP contribution < -0.4 is 0 Å². The zero-order chi connectivity index (χ0) is 14.8. The number of carbonyl (C=O) groups is 1. The average molecular weight is 298 g/mol. The fourth-order valence-corrected chi connectivity index (χ4v) is 2.84. The van der Waals surface area contributed by atoms with Crippen molar-refractivity contribution in [3.63, 3.8) is 0 Å². The molecular weight excluding hydrogens is 280 g/mol. The van der Waals surface area contributed by atoms with Crippen molar-refractivity contribution in [2.45, 2.75) is 11.8 Å². The third-order valence-electron chi connectivity index (χ3n) is 3.21. The van der Waals surface area contributed by atoms with Gasteiger partial charge in [0.2, 0.25) is 0 Å². The molecule has 110 valence electrons. The van der Waals surface area contributed by atoms with Gasteiger partial charge in [0.05, 0.1) is 11.5 Å². The van der Waals surface area contributed by atoms with Crippen molar-refractivity contribution in [3.05, 3.63) is 29.8 Å². The summed E-state index contributed by atoms with van der Waals surface area (Å²) < 4.78 is 28.8. The van der Waals surface area contributed by atoms with Gasteiger partial charge in [-0.3, -0.25) is 4.18 Å². The molecule has 7 heteroatoms. The number of nitrogens with zero attached hydrogens (tertiary/aromatic N) is 2. The highest BCUT2D eigenvalue weighted by Gasteiger charge is 2.25. The predicted octanol–water partition coefficient (Wildman–Crippen LogP) is 1.07. The normalized spacial score (nSPS) is 16.0. The van der Waals surface area contributed by atoms with Crippen LogP contribution >= 0.6 is 0 Å². The molecule has 6 nitrogen and oxygen atoms in total. The van der Waals surface area contributed by atoms with E-state index in [1.807, 2.05) is 6.92 Å². The molecule has 20 heavy (non-hydrogen) atoms. The summed E-state index contributed by atoms with van der Waals surface area (Å²) in [6.07, 6.45) is 0. The van der Waals surface area contributed by atoms with Crippen LogP contribution in [0, 0.1) is 6.92 Å². The van der Waals surface area contributed by atoms with Crippen LogP contribution in [-0.2, 0) is 14.3 Å². The molecule has 2 amide bonds. The van der Waals surface area contributed by atoms with Gasteiger partial charge in [0, 0.05) is 26.7 Å². The predicted molar refractivity (Wildman–Crippen MR) is 73.9 cm³/mol. The van der Waals surface area contributed by atoms with E-state index in [9.17, 15) is 13.2 Å². The van der Waals surface area contributed by atoms with Crippen molar-refractivity contribution in [2.75, 3.05) is 33.3 Å². The molecule has 1 aromatic carbocycles. The second-order valence-corrected chi connectivity index (χ2v) is 6.40. The number of amides is 2. The van der Waals surface area contributed by atoms with E-state index in [1.54, 1.807) is 29.0 Å². The number of rotatable bonds is 5. The summed E-state index contributed by atoms with van der Waals surface area (Å²) in [5.74, 6) is 0. The Kier molecular flexibility index (Phi) is 4.29. The Morgan fingerprint density at radius 1 is 1.20 bits per heavy atom. The van der Waals surface area contributed by atoms with E-state index in [4.69, 9.17) is 4.18 Å². The molecular formula is C13H18N2O4S. The van der Waals surface area contributed by atoms with Gasteiger partial charge in [-0.25, -0.2) is 4.79 Å². The summed E-state index contributed by atoms with van der Waals surface area (Å²) in [4.78, 5) is 14.9. The molecule has 0 atom stereocenters. The minimum absolute atomic E-state index is 0.0320. The van der Waals surface area contributed by atoms with Crippen molar-refractivity contribution >= 4 is 16.1 Å². The molecule has 0 radical (unpaired) electrons. The van der Waals surface area contributed by atoms with Gasteiger partial charge in [0.1, 0.15) is 0 Å². The molecule has 0 aliphatic carbocycles. The quantitative estimate of drug-likeness (QED) is 0.763. The van der Waals surface area contributed by atoms with Crippen LogP contribution in [0.1, 0.15) is 5.56 Å². The van der Waals surface area contributed by atoms with Crippen molar-refractivity contribution in [3.8, 4) is 0 Å². The Morgan fingerprint density at radius 2 is 1.85 bits per heavy atom. The molecule has 0 spiro atoms. The fourth-order valence-electron chi connectivity index (χ4n) is 1.94. The molecule has 1 aliphatic rings. The van der Waals surface area contributed by atoms with Gasteiger partial charge in [0.25, 0.3) is 10.1 Å². The van der Waals surface area contributed by atoms with Gasteiger partial charge >= 0.3 is 6.03 Å². The summed E-state index contributed by atoms with van der Waals surface area (Å²) in [6.45, 7) is 3.38. The van der Waals surface area contributed by atoms with E-state index >= 15 is 0 Å². The SMILES string of the molecule is Cc1ccc(S(=O)(=O)OCCN2CCN(C)C2=O)cc1. The maximum absolute atomic E-state index is 11.9. The third-order valence-corrected chi connectivity index (χ3v) is 4.54. The first-order valence-corrected chi connectivity index (χ1v) is 7.77. The zero-order valence-electron chi connectivity index (χ0n) is 11.6. The first-order chi connectivity index (χ1) is 9.40. The van der Waals surface area contributed by atoms with Crippen molar-refractivity contribution in [1.29, 1.82) is 0 Å². The number of hydrogen-bond acceptors (Lipinski definition) is 4. The van der Waals surface area contributed by atoms with Crippen molar-refractivity contribution in [1.82, 2.24) is 9.80 Å². The number of benzene rings is 1. The molecule has 2 rings (SSSR count). The van der Waals surface area contributed by atoms with Crippen LogP contribution in [0.25, 0.3) is 0 Å². The molecule has 0 bridgehead atoms. The first kappa shape index (κ1) is 14.8. The molecule has 1 fully saturated rings. The van der Waals surface area contributed by atoms with Crippen LogP contribution in [0.5, 0.6) is 0 Å². The van der Waals surface area contributed by atoms with Crippen LogP contribution in [0.2, 0.25) is 0 Å². The van der Waals surface area contributed by atoms with E-state index in [0.29, 0.717) is 13.1 Å². The Balaban J connectivity index is 1.90. The molecule has 1 aliphatic heterocycles. The van der Waals surface area contributed by atoms with E-state index < -0.39 is 10.1 Å². The van der Waals surface area contributed by atoms with Crippen LogP contribution in [0.3, 0.4) is 0 Å². The molecule has 1 aromatic rings. The van der Waals surface area contributed by atoms with Crippen molar-refractivity contribution < 1.29 is 17.4 Å². The third kappa shape index (κ3) is 3.29. The van der Waals surface area contributed by atoms with Crippen molar-refractivity contribution in [2.24, 2.45) is 0 Å². The highest BCUT2D eigenvalue weighted by Crippen LogP contribution is 2.13. The molecule has 1 saturated heterocycles. The van der Waals surface area contributed by atoms with Gasteiger partial charge in [-0.15, -0.1) is 0 Å². The van der Waals surface area contributed by atoms with E-state index in [-0.39, 0.29) is 24.1 Å². The summed E-state index contributed by atoms with van der Waals surface area (Å²) in [7, 11) is -2.04. The maximum atomic E-state index is 11.9. The van der Waals surface area contributed by atoms with Gasteiger partial charge in [-0.2, -0.15) is 8.42 Å². The summed E-state index contributed by atoms with van der Waals surface area (Å²) in [5, 5.41) is 0. The second kappa shape index (κ2) is 5.80. The molecule has 0 N–H and O–H groups in total. The Morgan fingerprint density at radius 3 is 2.40 bits per heavy atom. The summed E-state index contributed by atoms with van der Waals surface area (Å²) >= 11 is 0. The summed E-state index contributed by atoms with van der Waals surface area (Å²) in [6, 6.07) is 6.37. The Bertz CT molecular complexity index is 583. The Labute approximate surface area is 119 Å². The van der Waals surface area contributed by atoms with Crippen LogP contribution in [0.15, 0.2) is 29.2 Å². The standard InChI is InChI=1S/C13H18N2O4S/c1-11-3-5-12(6-4-11)20(17,18)19-10-9-15-8-7-14(2)13(15)16/h3-6H,7-10H2,1-2H3. The number of hydrogen-bond donors (Lipinski definition) is 0. The largest absolute Gasteiger partial charge is 0.326 e. The Hall–Kier alpha value is -1.60. The van der Waals surface area contributed by atoms with Crippen LogP contribution in [0.4, 0.5) is 4.79 Å². The minimum atomic E-state index is -3.75. The van der Waals surface area contributed by atoms with Gasteiger partial charge < -0.3 is 9.80 Å². The average Bonchev–Trinajstić information content (AvgIpc) is 2.71. The lowest BCUT2D eigenvalue weighted by atomic mass is 10.2. The molecule has 0 saturated carbocycles. The number of urea groups is 1. The fraction of sp³-hybridized carbons (Fsp3) is 0.462. The van der Waals surface area contributed by atoms with E-state index in [2.05, 4.69) is 0 Å². The number of aryl methyl sites for hydroxylation is 1. The second-order valence-electron chi connectivity index (χ2n) is 4.78. The lowest BCUT2D eigenvalue weighted by Crippen LogP contribution is -2.32. The lowest BCUT2D eigenvalue weighted by molar-refractivity contribution is 0.188. The first-order valence-electron chi connectivity index (χ1n) is 6.36. The highest BCUT2D eigenvalue weighted by molar-refractivity contribution is 7.86. The molecule has 0 unspecified atom stereocenters. The van der Waals surface area contributed by atoms with Gasteiger partial charge in [0.15, 0.2) is 0 Å². The summed E-state index contributed by atoms with van der Waals surface area (Å²) in [5.41, 5.74) is 0.981. The van der Waals surface area contributed by atoms with Gasteiger partial charge in [-0.1, -0.05) is 17.7 Å². The lowest BCUT2D eigenvalue weighted by Gasteiger charge is -2.15. The topological polar surface area (TPSA) is 66.9 Å². The molecule has 0 aromatic heterocycles. The highest BCUT2D eigenvalue weighted by atomic mass is 32.2. The number of likely N-dealkylation sites (N-methyl/N-ethyl adjacent to an activating group) is 1. The monoisotopic (exact) mass is 298 g/mol. The number of carbonyl (C=O) groups excluding carboxylic acids is 1. The zero-order valence-corrected chi connectivity index (χ0v) is 12.4. The smallest absolute Gasteiger partial charge is 0.319 e. The molecule has 1 heterocycles. The van der Waals surface area contributed by atoms with Crippen LogP contribution in [-0.4, -0.2) is 57.5 Å². The van der Waals surface area contributed by atoms with Gasteiger partial charge in [-0.05, 0) is 19.1 Å². The van der Waals surface area contributed by atoms with E-state index in [1.165, 1.54) is 12.1 Å².